The molecular weight excluding hydrogens is 259 g/mol. The largest absolute Gasteiger partial charge is 0.507 e. The van der Waals surface area contributed by atoms with E-state index in [-0.39, 0.29) is 17.1 Å². The standard InChI is InChI=1S/C13H8Cl2O2/c14-8-5-6-12(16)10(7-8)13(17)9-3-1-2-4-11(9)15/h1-7,16H. The lowest BCUT2D eigenvalue weighted by atomic mass is 10.0. The van der Waals surface area contributed by atoms with Gasteiger partial charge in [0.1, 0.15) is 5.75 Å². The van der Waals surface area contributed by atoms with Crippen LogP contribution < -0.4 is 0 Å². The fourth-order valence-corrected chi connectivity index (χ4v) is 1.87. The van der Waals surface area contributed by atoms with Gasteiger partial charge in [0.15, 0.2) is 5.78 Å². The van der Waals surface area contributed by atoms with Crippen molar-refractivity contribution < 1.29 is 9.90 Å². The minimum atomic E-state index is -0.351. The molecule has 0 spiro atoms. The van der Waals surface area contributed by atoms with Crippen molar-refractivity contribution in [1.82, 2.24) is 0 Å². The Labute approximate surface area is 108 Å². The smallest absolute Gasteiger partial charge is 0.198 e. The van der Waals surface area contributed by atoms with E-state index in [0.29, 0.717) is 15.6 Å². The Morgan fingerprint density at radius 3 is 2.41 bits per heavy atom. The molecule has 86 valence electrons. The molecule has 17 heavy (non-hydrogen) atoms. The van der Waals surface area contributed by atoms with Gasteiger partial charge >= 0.3 is 0 Å². The molecule has 0 heterocycles. The lowest BCUT2D eigenvalue weighted by Crippen LogP contribution is -2.02. The Morgan fingerprint density at radius 2 is 1.71 bits per heavy atom. The van der Waals surface area contributed by atoms with Gasteiger partial charge in [-0.3, -0.25) is 4.79 Å². The van der Waals surface area contributed by atoms with Gasteiger partial charge in [0.2, 0.25) is 0 Å². The van der Waals surface area contributed by atoms with Gasteiger partial charge < -0.3 is 5.11 Å². The highest BCUT2D eigenvalue weighted by molar-refractivity contribution is 6.35. The third-order valence-corrected chi connectivity index (χ3v) is 2.89. The van der Waals surface area contributed by atoms with Gasteiger partial charge in [-0.15, -0.1) is 0 Å². The highest BCUT2D eigenvalue weighted by Crippen LogP contribution is 2.26. The van der Waals surface area contributed by atoms with Crippen molar-refractivity contribution in [2.45, 2.75) is 0 Å². The van der Waals surface area contributed by atoms with Crippen LogP contribution in [0.25, 0.3) is 0 Å². The van der Waals surface area contributed by atoms with Crippen LogP contribution in [0, 0.1) is 0 Å². The first-order chi connectivity index (χ1) is 8.09. The van der Waals surface area contributed by atoms with Crippen molar-refractivity contribution in [2.24, 2.45) is 0 Å². The molecule has 2 rings (SSSR count). The molecule has 0 amide bonds. The Hall–Kier alpha value is -1.51. The van der Waals surface area contributed by atoms with Gasteiger partial charge in [0, 0.05) is 10.6 Å². The summed E-state index contributed by atoms with van der Waals surface area (Å²) >= 11 is 11.7. The lowest BCUT2D eigenvalue weighted by molar-refractivity contribution is 0.103. The highest BCUT2D eigenvalue weighted by Gasteiger charge is 2.16. The molecule has 0 saturated carbocycles. The Bertz CT molecular complexity index is 579. The maximum absolute atomic E-state index is 12.1. The maximum atomic E-state index is 12.1. The van der Waals surface area contributed by atoms with Gasteiger partial charge in [-0.05, 0) is 30.3 Å². The number of phenolic OH excluding ortho intramolecular Hbond substituents is 1. The molecule has 0 radical (unpaired) electrons. The van der Waals surface area contributed by atoms with Gasteiger partial charge in [0.25, 0.3) is 0 Å². The van der Waals surface area contributed by atoms with E-state index in [9.17, 15) is 9.90 Å². The number of carbonyl (C=O) groups excluding carboxylic acids is 1. The average molecular weight is 267 g/mol. The predicted octanol–water partition coefficient (Wildman–Crippen LogP) is 3.93. The number of hydrogen-bond donors (Lipinski definition) is 1. The van der Waals surface area contributed by atoms with Crippen LogP contribution in [0.5, 0.6) is 5.75 Å². The van der Waals surface area contributed by atoms with E-state index in [1.807, 2.05) is 0 Å². The normalized spacial score (nSPS) is 10.2. The first-order valence-electron chi connectivity index (χ1n) is 4.87. The number of rotatable bonds is 2. The molecule has 0 saturated heterocycles. The van der Waals surface area contributed by atoms with E-state index in [0.717, 1.165) is 0 Å². The van der Waals surface area contributed by atoms with Gasteiger partial charge in [-0.1, -0.05) is 35.3 Å². The molecule has 0 aliphatic heterocycles. The second-order valence-corrected chi connectivity index (χ2v) is 4.31. The van der Waals surface area contributed by atoms with E-state index in [4.69, 9.17) is 23.2 Å². The first kappa shape index (κ1) is 12.0. The number of carbonyl (C=O) groups is 1. The first-order valence-corrected chi connectivity index (χ1v) is 5.63. The number of benzene rings is 2. The Kier molecular flexibility index (Phi) is 3.36. The zero-order valence-electron chi connectivity index (χ0n) is 8.65. The lowest BCUT2D eigenvalue weighted by Gasteiger charge is -2.05. The Balaban J connectivity index is 2.51. The van der Waals surface area contributed by atoms with Crippen molar-refractivity contribution in [3.05, 3.63) is 63.6 Å². The predicted molar refractivity (Wildman–Crippen MR) is 68.0 cm³/mol. The van der Waals surface area contributed by atoms with Crippen LogP contribution in [-0.2, 0) is 0 Å². The van der Waals surface area contributed by atoms with Crippen molar-refractivity contribution in [2.75, 3.05) is 0 Å². The van der Waals surface area contributed by atoms with Crippen LogP contribution >= 0.6 is 23.2 Å². The molecule has 2 aromatic carbocycles. The molecule has 0 bridgehead atoms. The minimum absolute atomic E-state index is 0.112. The summed E-state index contributed by atoms with van der Waals surface area (Å²) in [6.45, 7) is 0. The Morgan fingerprint density at radius 1 is 1.00 bits per heavy atom. The molecule has 2 aromatic rings. The maximum Gasteiger partial charge on any atom is 0.198 e. The summed E-state index contributed by atoms with van der Waals surface area (Å²) in [5, 5.41) is 10.4. The molecule has 0 aromatic heterocycles. The summed E-state index contributed by atoms with van der Waals surface area (Å²) in [6, 6.07) is 11.0. The molecule has 0 fully saturated rings. The van der Waals surface area contributed by atoms with E-state index in [1.165, 1.54) is 18.2 Å². The number of phenols is 1. The average Bonchev–Trinajstić information content (AvgIpc) is 2.32. The van der Waals surface area contributed by atoms with Crippen LogP contribution in [0.4, 0.5) is 0 Å². The third-order valence-electron chi connectivity index (χ3n) is 2.32. The van der Waals surface area contributed by atoms with Gasteiger partial charge in [-0.2, -0.15) is 0 Å². The zero-order chi connectivity index (χ0) is 12.4. The molecule has 0 unspecified atom stereocenters. The van der Waals surface area contributed by atoms with Crippen LogP contribution in [0.2, 0.25) is 10.0 Å². The monoisotopic (exact) mass is 266 g/mol. The van der Waals surface area contributed by atoms with E-state index in [1.54, 1.807) is 24.3 Å². The highest BCUT2D eigenvalue weighted by atomic mass is 35.5. The van der Waals surface area contributed by atoms with E-state index >= 15 is 0 Å². The number of ketones is 1. The van der Waals surface area contributed by atoms with Crippen LogP contribution in [0.15, 0.2) is 42.5 Å². The topological polar surface area (TPSA) is 37.3 Å². The molecule has 0 aliphatic rings. The summed E-state index contributed by atoms with van der Waals surface area (Å²) < 4.78 is 0. The number of aromatic hydroxyl groups is 1. The van der Waals surface area contributed by atoms with Crippen molar-refractivity contribution in [3.63, 3.8) is 0 Å². The fourth-order valence-electron chi connectivity index (χ4n) is 1.48. The van der Waals surface area contributed by atoms with Crippen molar-refractivity contribution >= 4 is 29.0 Å². The molecular formula is C13H8Cl2O2. The van der Waals surface area contributed by atoms with Gasteiger partial charge in [-0.25, -0.2) is 0 Å². The second-order valence-electron chi connectivity index (χ2n) is 3.47. The second kappa shape index (κ2) is 4.78. The summed E-state index contributed by atoms with van der Waals surface area (Å²) in [7, 11) is 0. The third kappa shape index (κ3) is 2.43. The molecule has 1 N–H and O–H groups in total. The van der Waals surface area contributed by atoms with Crippen molar-refractivity contribution in [3.8, 4) is 5.75 Å². The van der Waals surface area contributed by atoms with Crippen LogP contribution in [-0.4, -0.2) is 10.9 Å². The summed E-state index contributed by atoms with van der Waals surface area (Å²) in [6.07, 6.45) is 0. The molecule has 2 nitrogen and oxygen atoms in total. The molecule has 0 atom stereocenters. The summed E-state index contributed by atoms with van der Waals surface area (Å²) in [4.78, 5) is 12.1. The number of hydrogen-bond acceptors (Lipinski definition) is 2. The summed E-state index contributed by atoms with van der Waals surface area (Å²) in [5.41, 5.74) is 0.484. The van der Waals surface area contributed by atoms with E-state index in [2.05, 4.69) is 0 Å². The zero-order valence-corrected chi connectivity index (χ0v) is 10.2. The summed E-state index contributed by atoms with van der Waals surface area (Å²) in [5.74, 6) is -0.463. The van der Waals surface area contributed by atoms with E-state index < -0.39 is 0 Å². The molecule has 4 heteroatoms. The quantitative estimate of drug-likeness (QED) is 0.837. The number of halogens is 2. The SMILES string of the molecule is O=C(c1cc(Cl)ccc1O)c1ccccc1Cl. The van der Waals surface area contributed by atoms with Gasteiger partial charge in [0.05, 0.1) is 10.6 Å². The molecule has 0 aliphatic carbocycles. The fraction of sp³-hybridized carbons (Fsp3) is 0. The van der Waals surface area contributed by atoms with Crippen molar-refractivity contribution in [1.29, 1.82) is 0 Å². The van der Waals surface area contributed by atoms with Crippen LogP contribution in [0.3, 0.4) is 0 Å². The minimum Gasteiger partial charge on any atom is -0.507 e. The van der Waals surface area contributed by atoms with Crippen LogP contribution in [0.1, 0.15) is 15.9 Å².